The molecule has 0 aliphatic carbocycles. The minimum absolute atomic E-state index is 0.729. The van der Waals surface area contributed by atoms with Gasteiger partial charge in [-0.2, -0.15) is 0 Å². The van der Waals surface area contributed by atoms with E-state index in [1.165, 1.54) is 5.39 Å². The number of hydrogen-bond acceptors (Lipinski definition) is 4. The van der Waals surface area contributed by atoms with E-state index in [1.54, 1.807) is 6.20 Å². The third kappa shape index (κ3) is 3.31. The monoisotopic (exact) mass is 542 g/mol. The first-order valence-corrected chi connectivity index (χ1v) is 13.8. The largest absolute Gasteiger partial charge is 0.457 e. The maximum atomic E-state index is 6.54. The van der Waals surface area contributed by atoms with Crippen LogP contribution in [0.1, 0.15) is 0 Å². The van der Waals surface area contributed by atoms with Crippen molar-refractivity contribution in [1.82, 2.24) is 28.5 Å². The van der Waals surface area contributed by atoms with Crippen LogP contribution in [0.25, 0.3) is 61.3 Å². The Bertz CT molecular complexity index is 2440. The zero-order valence-corrected chi connectivity index (χ0v) is 22.3. The third-order valence-corrected chi connectivity index (χ3v) is 7.80. The number of ether oxygens (including phenoxy) is 1. The molecule has 0 saturated carbocycles. The molecule has 7 heteroatoms. The highest BCUT2D eigenvalue weighted by molar-refractivity contribution is 6.09. The number of hydrogen-bond donors (Lipinski definition) is 0. The number of imidazole rings is 2. The van der Waals surface area contributed by atoms with Crippen molar-refractivity contribution in [3.8, 4) is 23.0 Å². The van der Waals surface area contributed by atoms with E-state index in [4.69, 9.17) is 9.72 Å². The summed E-state index contributed by atoms with van der Waals surface area (Å²) in [5, 5.41) is 2.33. The van der Waals surface area contributed by atoms with Gasteiger partial charge in [0.25, 0.3) is 0 Å². The van der Waals surface area contributed by atoms with Gasteiger partial charge in [0.1, 0.15) is 22.8 Å². The normalized spacial score (nSPS) is 11.8. The van der Waals surface area contributed by atoms with Gasteiger partial charge in [0.05, 0.1) is 22.1 Å². The summed E-state index contributed by atoms with van der Waals surface area (Å²) in [4.78, 5) is 14.3. The molecule has 0 spiro atoms. The lowest BCUT2D eigenvalue weighted by molar-refractivity contribution is 0.484. The minimum Gasteiger partial charge on any atom is -0.457 e. The maximum Gasteiger partial charge on any atom is 0.221 e. The van der Waals surface area contributed by atoms with Gasteiger partial charge < -0.3 is 4.74 Å². The van der Waals surface area contributed by atoms with E-state index in [2.05, 4.69) is 84.2 Å². The smallest absolute Gasteiger partial charge is 0.221 e. The summed E-state index contributed by atoms with van der Waals surface area (Å²) in [7, 11) is 0. The second-order valence-electron chi connectivity index (χ2n) is 10.2. The van der Waals surface area contributed by atoms with Crippen LogP contribution in [0.3, 0.4) is 0 Å². The van der Waals surface area contributed by atoms with Gasteiger partial charge in [-0.1, -0.05) is 42.5 Å². The number of para-hydroxylation sites is 2. The van der Waals surface area contributed by atoms with E-state index in [9.17, 15) is 0 Å². The van der Waals surface area contributed by atoms with Crippen LogP contribution < -0.4 is 4.74 Å². The average Bonchev–Trinajstić information content (AvgIpc) is 3.68. The van der Waals surface area contributed by atoms with Crippen LogP contribution in [0.4, 0.5) is 0 Å². The van der Waals surface area contributed by atoms with Gasteiger partial charge in [0.15, 0.2) is 5.65 Å². The predicted octanol–water partition coefficient (Wildman–Crippen LogP) is 8.11. The molecular formula is C35H22N6O. The average molecular weight is 543 g/mol. The van der Waals surface area contributed by atoms with Crippen LogP contribution in [-0.2, 0) is 0 Å². The van der Waals surface area contributed by atoms with Gasteiger partial charge in [0, 0.05) is 41.0 Å². The zero-order chi connectivity index (χ0) is 27.6. The van der Waals surface area contributed by atoms with E-state index in [-0.39, 0.29) is 0 Å². The Labute approximate surface area is 239 Å². The topological polar surface area (TPSA) is 62.2 Å². The Balaban J connectivity index is 1.23. The van der Waals surface area contributed by atoms with Gasteiger partial charge >= 0.3 is 0 Å². The van der Waals surface area contributed by atoms with Crippen molar-refractivity contribution in [1.29, 1.82) is 0 Å². The Morgan fingerprint density at radius 1 is 0.524 bits per heavy atom. The summed E-state index contributed by atoms with van der Waals surface area (Å²) in [6.07, 6.45) is 3.63. The van der Waals surface area contributed by atoms with Crippen LogP contribution in [-0.4, -0.2) is 28.5 Å². The van der Waals surface area contributed by atoms with Crippen molar-refractivity contribution >= 4 is 49.8 Å². The summed E-state index contributed by atoms with van der Waals surface area (Å²) >= 11 is 0. The predicted molar refractivity (Wildman–Crippen MR) is 166 cm³/mol. The molecule has 0 N–H and O–H groups in total. The molecule has 0 fully saturated rings. The van der Waals surface area contributed by atoms with E-state index in [0.29, 0.717) is 0 Å². The highest BCUT2D eigenvalue weighted by Crippen LogP contribution is 2.36. The summed E-state index contributed by atoms with van der Waals surface area (Å²) in [6, 6.07) is 41.0. The maximum absolute atomic E-state index is 6.54. The molecular weight excluding hydrogens is 520 g/mol. The van der Waals surface area contributed by atoms with Crippen molar-refractivity contribution in [2.24, 2.45) is 0 Å². The quantitative estimate of drug-likeness (QED) is 0.225. The molecule has 5 heterocycles. The Morgan fingerprint density at radius 3 is 2.17 bits per heavy atom. The SMILES string of the molecule is c1ccc(-n2c3ccc(Oc4ccc5c6ccccc6n(-c6ccccn6)c5c4)cc3n3c4ncccc4nc23)cc1. The molecule has 7 nitrogen and oxygen atoms in total. The standard InChI is InChI=1S/C35H22N6O/c1-2-9-23(10-3-1)39-30-18-16-25(22-32(30)41-34-28(38-35(39)41)12-8-20-37-34)42-24-15-17-27-26-11-4-5-13-29(26)40(31(27)21-24)33-14-6-7-19-36-33/h1-22H. The number of pyridine rings is 2. The van der Waals surface area contributed by atoms with Crippen molar-refractivity contribution in [2.75, 3.05) is 0 Å². The molecule has 4 aromatic carbocycles. The number of aromatic nitrogens is 6. The van der Waals surface area contributed by atoms with Crippen LogP contribution >= 0.6 is 0 Å². The fourth-order valence-electron chi connectivity index (χ4n) is 6.03. The first kappa shape index (κ1) is 22.8. The van der Waals surface area contributed by atoms with Gasteiger partial charge in [0.2, 0.25) is 5.78 Å². The highest BCUT2D eigenvalue weighted by atomic mass is 16.5. The van der Waals surface area contributed by atoms with Crippen LogP contribution in [0.5, 0.6) is 11.5 Å². The zero-order valence-electron chi connectivity index (χ0n) is 22.3. The lowest BCUT2D eigenvalue weighted by Crippen LogP contribution is -1.96. The molecule has 0 saturated heterocycles. The van der Waals surface area contributed by atoms with Crippen molar-refractivity contribution < 1.29 is 4.74 Å². The van der Waals surface area contributed by atoms with E-state index >= 15 is 0 Å². The number of benzene rings is 4. The summed E-state index contributed by atoms with van der Waals surface area (Å²) in [5.41, 5.74) is 6.83. The molecule has 9 aromatic rings. The Kier molecular flexibility index (Phi) is 4.77. The van der Waals surface area contributed by atoms with Crippen LogP contribution in [0.15, 0.2) is 134 Å². The molecule has 0 atom stereocenters. The van der Waals surface area contributed by atoms with Gasteiger partial charge in [-0.15, -0.1) is 0 Å². The Morgan fingerprint density at radius 2 is 1.29 bits per heavy atom. The molecule has 0 bridgehead atoms. The Hall–Kier alpha value is -5.95. The van der Waals surface area contributed by atoms with Gasteiger partial charge in [-0.3, -0.25) is 13.5 Å². The van der Waals surface area contributed by atoms with E-state index < -0.39 is 0 Å². The van der Waals surface area contributed by atoms with E-state index in [0.717, 1.165) is 67.4 Å². The molecule has 0 radical (unpaired) electrons. The molecule has 9 rings (SSSR count). The number of rotatable bonds is 4. The van der Waals surface area contributed by atoms with Crippen molar-refractivity contribution in [3.05, 3.63) is 134 Å². The lowest BCUT2D eigenvalue weighted by Gasteiger charge is -2.09. The van der Waals surface area contributed by atoms with Crippen molar-refractivity contribution in [2.45, 2.75) is 0 Å². The fraction of sp³-hybridized carbons (Fsp3) is 0. The van der Waals surface area contributed by atoms with Crippen LogP contribution in [0, 0.1) is 0 Å². The fourth-order valence-corrected chi connectivity index (χ4v) is 6.03. The molecule has 198 valence electrons. The lowest BCUT2D eigenvalue weighted by atomic mass is 10.1. The molecule has 0 aliphatic heterocycles. The second-order valence-corrected chi connectivity index (χ2v) is 10.2. The van der Waals surface area contributed by atoms with Gasteiger partial charge in [-0.25, -0.2) is 15.0 Å². The molecule has 0 aliphatic rings. The summed E-state index contributed by atoms with van der Waals surface area (Å²) < 4.78 is 13.0. The number of nitrogens with zero attached hydrogens (tertiary/aromatic N) is 6. The van der Waals surface area contributed by atoms with E-state index in [1.807, 2.05) is 66.9 Å². The van der Waals surface area contributed by atoms with Gasteiger partial charge in [-0.05, 0) is 66.7 Å². The second kappa shape index (κ2) is 8.78. The molecule has 5 aromatic heterocycles. The summed E-state index contributed by atoms with van der Waals surface area (Å²) in [6.45, 7) is 0. The third-order valence-electron chi connectivity index (χ3n) is 7.80. The summed E-state index contributed by atoms with van der Waals surface area (Å²) in [5.74, 6) is 3.15. The highest BCUT2D eigenvalue weighted by Gasteiger charge is 2.19. The minimum atomic E-state index is 0.729. The van der Waals surface area contributed by atoms with Crippen LogP contribution in [0.2, 0.25) is 0 Å². The molecule has 0 unspecified atom stereocenters. The van der Waals surface area contributed by atoms with Crippen molar-refractivity contribution in [3.63, 3.8) is 0 Å². The first-order valence-electron chi connectivity index (χ1n) is 13.8. The molecule has 0 amide bonds. The number of fused-ring (bicyclic) bond motifs is 8. The first-order chi connectivity index (χ1) is 20.8. The molecule has 42 heavy (non-hydrogen) atoms.